The molecule has 2 N–H and O–H groups in total. The minimum Gasteiger partial charge on any atom is -0.309 e. The summed E-state index contributed by atoms with van der Waals surface area (Å²) in [5, 5.41) is 15.8. The number of fused-ring (bicyclic) bond motifs is 2. The molecule has 9 nitrogen and oxygen atoms in total. The van der Waals surface area contributed by atoms with Crippen LogP contribution in [0.3, 0.4) is 0 Å². The van der Waals surface area contributed by atoms with E-state index in [9.17, 15) is 9.18 Å². The van der Waals surface area contributed by atoms with Gasteiger partial charge in [-0.3, -0.25) is 14.5 Å². The molecule has 0 atom stereocenters. The summed E-state index contributed by atoms with van der Waals surface area (Å²) in [6.45, 7) is 4.05. The Balaban J connectivity index is 1.39. The molecule has 174 valence electrons. The molecular weight excluding hydrogens is 447 g/mol. The van der Waals surface area contributed by atoms with Crippen LogP contribution in [0.4, 0.5) is 10.2 Å². The van der Waals surface area contributed by atoms with Crippen LogP contribution in [0.5, 0.6) is 0 Å². The minimum absolute atomic E-state index is 0.269. The van der Waals surface area contributed by atoms with Crippen molar-refractivity contribution in [2.24, 2.45) is 0 Å². The number of benzene rings is 1. The number of nitrogens with one attached hydrogen (secondary N) is 2. The van der Waals surface area contributed by atoms with Crippen molar-refractivity contribution in [3.63, 3.8) is 0 Å². The van der Waals surface area contributed by atoms with Gasteiger partial charge in [0.05, 0.1) is 29.7 Å². The number of imidazole rings is 1. The molecule has 35 heavy (non-hydrogen) atoms. The van der Waals surface area contributed by atoms with Crippen LogP contribution in [-0.4, -0.2) is 41.8 Å². The van der Waals surface area contributed by atoms with Crippen LogP contribution in [0.2, 0.25) is 0 Å². The molecule has 0 aliphatic carbocycles. The number of nitrogens with zero attached hydrogens (tertiary/aromatic N) is 6. The maximum absolute atomic E-state index is 13.6. The quantitative estimate of drug-likeness (QED) is 0.419. The number of anilines is 1. The molecular formula is C25H21FN8O. The Labute approximate surface area is 199 Å². The van der Waals surface area contributed by atoms with E-state index in [-0.39, 0.29) is 11.7 Å². The molecule has 0 spiro atoms. The second-order valence-corrected chi connectivity index (χ2v) is 8.36. The zero-order valence-electron chi connectivity index (χ0n) is 18.9. The highest BCUT2D eigenvalue weighted by Gasteiger charge is 2.24. The fraction of sp³-hybridized carbons (Fsp3) is 0.160. The van der Waals surface area contributed by atoms with Gasteiger partial charge in [0.25, 0.3) is 5.91 Å². The van der Waals surface area contributed by atoms with E-state index in [2.05, 4.69) is 20.6 Å². The van der Waals surface area contributed by atoms with Gasteiger partial charge < -0.3 is 10.6 Å². The van der Waals surface area contributed by atoms with Crippen molar-refractivity contribution in [3.8, 4) is 22.5 Å². The summed E-state index contributed by atoms with van der Waals surface area (Å²) in [6.07, 6.45) is 3.28. The summed E-state index contributed by atoms with van der Waals surface area (Å²) < 4.78 is 17.2. The number of amides is 1. The number of hydrogen-bond donors (Lipinski definition) is 2. The van der Waals surface area contributed by atoms with Gasteiger partial charge >= 0.3 is 0 Å². The third-order valence-corrected chi connectivity index (χ3v) is 5.94. The molecule has 1 aromatic carbocycles. The Hall–Kier alpha value is -4.44. The van der Waals surface area contributed by atoms with Gasteiger partial charge in [0.1, 0.15) is 11.5 Å². The van der Waals surface area contributed by atoms with Gasteiger partial charge in [-0.2, -0.15) is 10.2 Å². The number of rotatable bonds is 4. The Bertz CT molecular complexity index is 1570. The standard InChI is InChI=1S/C25H21FN8O/c1-15-12-17(8-9-28-15)25(35)30-21-14-34-22(29-21)7-6-19(31-34)23-20-13-27-10-11-33(20)32-24(23)16-2-4-18(26)5-3-16/h2-9,12,14,27H,10-11,13H2,1H3,(H,30,35). The van der Waals surface area contributed by atoms with Crippen LogP contribution < -0.4 is 10.6 Å². The molecule has 10 heteroatoms. The Kier molecular flexibility index (Phi) is 5.07. The van der Waals surface area contributed by atoms with E-state index in [0.717, 1.165) is 41.3 Å². The van der Waals surface area contributed by atoms with Crippen LogP contribution in [0.1, 0.15) is 21.7 Å². The third-order valence-electron chi connectivity index (χ3n) is 5.94. The fourth-order valence-corrected chi connectivity index (χ4v) is 4.28. The lowest BCUT2D eigenvalue weighted by atomic mass is 10.0. The van der Waals surface area contributed by atoms with Crippen molar-refractivity contribution in [2.45, 2.75) is 20.0 Å². The molecule has 1 amide bonds. The normalized spacial score (nSPS) is 13.1. The average molecular weight is 468 g/mol. The highest BCUT2D eigenvalue weighted by atomic mass is 19.1. The van der Waals surface area contributed by atoms with E-state index < -0.39 is 0 Å². The van der Waals surface area contributed by atoms with Gasteiger partial charge in [0.2, 0.25) is 0 Å². The smallest absolute Gasteiger partial charge is 0.256 e. The predicted octanol–water partition coefficient (Wildman–Crippen LogP) is 3.46. The molecule has 5 heterocycles. The Morgan fingerprint density at radius 1 is 1.11 bits per heavy atom. The van der Waals surface area contributed by atoms with Gasteiger partial charge in [-0.15, -0.1) is 0 Å². The van der Waals surface area contributed by atoms with Gasteiger partial charge in [0, 0.05) is 36.1 Å². The van der Waals surface area contributed by atoms with Crippen LogP contribution >= 0.6 is 0 Å². The number of hydrogen-bond acceptors (Lipinski definition) is 6. The van der Waals surface area contributed by atoms with Crippen LogP contribution in [0, 0.1) is 12.7 Å². The number of pyridine rings is 1. The van der Waals surface area contributed by atoms with E-state index in [1.165, 1.54) is 12.1 Å². The van der Waals surface area contributed by atoms with Crippen molar-refractivity contribution < 1.29 is 9.18 Å². The topological polar surface area (TPSA) is 102 Å². The molecule has 0 unspecified atom stereocenters. The SMILES string of the molecule is Cc1cc(C(=O)Nc2cn3nc(-c4c(-c5ccc(F)cc5)nn5c4CNCC5)ccc3n2)ccn1. The summed E-state index contributed by atoms with van der Waals surface area (Å²) in [5.74, 6) is -0.170. The van der Waals surface area contributed by atoms with Gasteiger partial charge in [0.15, 0.2) is 11.5 Å². The van der Waals surface area contributed by atoms with E-state index in [4.69, 9.17) is 10.2 Å². The highest BCUT2D eigenvalue weighted by Crippen LogP contribution is 2.34. The van der Waals surface area contributed by atoms with Crippen molar-refractivity contribution in [2.75, 3.05) is 11.9 Å². The monoisotopic (exact) mass is 468 g/mol. The second-order valence-electron chi connectivity index (χ2n) is 8.36. The van der Waals surface area contributed by atoms with Gasteiger partial charge in [-0.05, 0) is 55.5 Å². The van der Waals surface area contributed by atoms with E-state index >= 15 is 0 Å². The summed E-state index contributed by atoms with van der Waals surface area (Å²) in [6, 6.07) is 13.4. The van der Waals surface area contributed by atoms with E-state index in [0.29, 0.717) is 29.3 Å². The molecule has 0 saturated heterocycles. The van der Waals surface area contributed by atoms with Crippen molar-refractivity contribution in [3.05, 3.63) is 83.7 Å². The molecule has 0 fully saturated rings. The fourth-order valence-electron chi connectivity index (χ4n) is 4.28. The summed E-state index contributed by atoms with van der Waals surface area (Å²) in [5.41, 5.74) is 6.04. The molecule has 4 aromatic heterocycles. The number of halogens is 1. The van der Waals surface area contributed by atoms with Gasteiger partial charge in [-0.1, -0.05) is 0 Å². The predicted molar refractivity (Wildman–Crippen MR) is 128 cm³/mol. The number of aryl methyl sites for hydroxylation is 1. The van der Waals surface area contributed by atoms with Crippen LogP contribution in [0.15, 0.2) is 60.9 Å². The average Bonchev–Trinajstić information content (AvgIpc) is 3.44. The molecule has 0 saturated carbocycles. The minimum atomic E-state index is -0.296. The first kappa shape index (κ1) is 21.1. The first-order chi connectivity index (χ1) is 17.0. The van der Waals surface area contributed by atoms with E-state index in [1.54, 1.807) is 41.2 Å². The lowest BCUT2D eigenvalue weighted by Crippen LogP contribution is -2.28. The zero-order chi connectivity index (χ0) is 23.9. The Morgan fingerprint density at radius 2 is 1.97 bits per heavy atom. The first-order valence-corrected chi connectivity index (χ1v) is 11.2. The number of carbonyl (C=O) groups is 1. The molecule has 5 aromatic rings. The summed E-state index contributed by atoms with van der Waals surface area (Å²) in [4.78, 5) is 21.2. The Morgan fingerprint density at radius 3 is 2.80 bits per heavy atom. The number of carbonyl (C=O) groups excluding carboxylic acids is 1. The number of aromatic nitrogens is 6. The molecule has 6 rings (SSSR count). The zero-order valence-corrected chi connectivity index (χ0v) is 18.9. The van der Waals surface area contributed by atoms with Crippen molar-refractivity contribution >= 4 is 17.4 Å². The van der Waals surface area contributed by atoms with Crippen molar-refractivity contribution in [1.82, 2.24) is 34.7 Å². The maximum Gasteiger partial charge on any atom is 0.256 e. The molecule has 1 aliphatic rings. The van der Waals surface area contributed by atoms with Crippen LogP contribution in [0.25, 0.3) is 28.2 Å². The second kappa shape index (κ2) is 8.41. The summed E-state index contributed by atoms with van der Waals surface area (Å²) >= 11 is 0. The maximum atomic E-state index is 13.6. The van der Waals surface area contributed by atoms with Crippen molar-refractivity contribution in [1.29, 1.82) is 0 Å². The lowest BCUT2D eigenvalue weighted by Gasteiger charge is -2.15. The largest absolute Gasteiger partial charge is 0.309 e. The van der Waals surface area contributed by atoms with E-state index in [1.807, 2.05) is 23.7 Å². The summed E-state index contributed by atoms with van der Waals surface area (Å²) in [7, 11) is 0. The van der Waals surface area contributed by atoms with Gasteiger partial charge in [-0.25, -0.2) is 13.9 Å². The van der Waals surface area contributed by atoms with Crippen LogP contribution in [-0.2, 0) is 13.1 Å². The highest BCUT2D eigenvalue weighted by molar-refractivity contribution is 6.03. The molecule has 0 radical (unpaired) electrons. The molecule has 0 bridgehead atoms. The molecule has 1 aliphatic heterocycles. The first-order valence-electron chi connectivity index (χ1n) is 11.2. The lowest BCUT2D eigenvalue weighted by molar-refractivity contribution is 0.102. The third kappa shape index (κ3) is 3.93.